The predicted molar refractivity (Wildman–Crippen MR) is 62.1 cm³/mol. The summed E-state index contributed by atoms with van der Waals surface area (Å²) in [6, 6.07) is -0.380. The normalized spacial score (nSPS) is 11.2. The van der Waals surface area contributed by atoms with Crippen molar-refractivity contribution in [2.45, 2.75) is 19.4 Å². The van der Waals surface area contributed by atoms with Crippen LogP contribution >= 0.6 is 7.82 Å². The maximum absolute atomic E-state index is 10.1. The number of aliphatic carboxylic acids is 1. The number of carboxylic acids is 1. The van der Waals surface area contributed by atoms with E-state index in [1.165, 1.54) is 0 Å². The molecule has 0 amide bonds. The molecule has 106 valence electrons. The van der Waals surface area contributed by atoms with E-state index in [1.54, 1.807) is 25.9 Å². The van der Waals surface area contributed by atoms with E-state index in [0.717, 1.165) is 0 Å². The van der Waals surface area contributed by atoms with Crippen molar-refractivity contribution >= 4 is 13.8 Å². The Balaban J connectivity index is -0.0000000855. The molecule has 0 radical (unpaired) electrons. The van der Waals surface area contributed by atoms with Crippen LogP contribution in [0.15, 0.2) is 0 Å². The summed E-state index contributed by atoms with van der Waals surface area (Å²) in [7, 11) is -1.17. The van der Waals surface area contributed by atoms with Gasteiger partial charge in [0.1, 0.15) is 6.04 Å². The van der Waals surface area contributed by atoms with Crippen LogP contribution < -0.4 is 29.6 Å². The minimum Gasteiger partial charge on any atom is -0.480 e. The predicted octanol–water partition coefficient (Wildman–Crippen LogP) is -3.70. The molecule has 18 heavy (non-hydrogen) atoms. The van der Waals surface area contributed by atoms with Gasteiger partial charge in [0, 0.05) is 6.61 Å². The molecular weight excluding hydrogens is 276 g/mol. The van der Waals surface area contributed by atoms with Crippen molar-refractivity contribution in [3.8, 4) is 0 Å². The molecule has 8 nitrogen and oxygen atoms in total. The number of hydrogen-bond acceptors (Lipinski definition) is 4. The fourth-order valence-electron chi connectivity index (χ4n) is 0.221. The summed E-state index contributed by atoms with van der Waals surface area (Å²) in [6.07, 6.45) is 0.625. The minimum atomic E-state index is -4.64. The number of hydrogen-bond donors (Lipinski definition) is 5. The van der Waals surface area contributed by atoms with E-state index in [4.69, 9.17) is 29.5 Å². The molecule has 0 aromatic rings. The summed E-state index contributed by atoms with van der Waals surface area (Å²) in [6.45, 7) is 5.20. The van der Waals surface area contributed by atoms with Gasteiger partial charge < -0.3 is 31.8 Å². The smallest absolute Gasteiger partial charge is 0.480 e. The summed E-state index contributed by atoms with van der Waals surface area (Å²) >= 11 is 0. The summed E-state index contributed by atoms with van der Waals surface area (Å²) in [5.41, 5.74) is 0. The molecule has 0 fully saturated rings. The van der Waals surface area contributed by atoms with Crippen LogP contribution in [-0.2, 0) is 9.36 Å². The second-order valence-electron chi connectivity index (χ2n) is 3.07. The molecule has 0 aromatic carbocycles. The molecule has 0 rings (SSSR count). The Kier molecular flexibility index (Phi) is 23.3. The van der Waals surface area contributed by atoms with E-state index in [1.807, 2.05) is 0 Å². The number of aliphatic hydroxyl groups is 1. The first kappa shape index (κ1) is 26.9. The summed E-state index contributed by atoms with van der Waals surface area (Å²) in [4.78, 5) is 33.3. The fourth-order valence-corrected chi connectivity index (χ4v) is 0.221. The van der Waals surface area contributed by atoms with E-state index in [9.17, 15) is 4.79 Å². The number of carboxylic acid groups (broad SMARTS) is 1. The van der Waals surface area contributed by atoms with Gasteiger partial charge in [0.15, 0.2) is 0 Å². The summed E-state index contributed by atoms with van der Waals surface area (Å²) in [5.74, 6) is -0.782. The van der Waals surface area contributed by atoms with E-state index >= 15 is 0 Å². The van der Waals surface area contributed by atoms with Gasteiger partial charge in [-0.05, 0) is 21.0 Å². The second kappa shape index (κ2) is 15.6. The zero-order chi connectivity index (χ0) is 14.6. The molecule has 1 atom stereocenters. The van der Waals surface area contributed by atoms with Crippen molar-refractivity contribution in [2.75, 3.05) is 20.7 Å². The van der Waals surface area contributed by atoms with Gasteiger partial charge in [-0.2, -0.15) is 6.42 Å². The standard InChI is InChI=1S/C5H11NO2.C3H7O.Na.H3O4P/c1-4(5(7)8)6(2)3;1-2-3-4;;1-5(2,3)4/h4H,1-3H3,(H,7,8);4H,1-3H2;;(H3,1,2,3,4)/q;-1;+1;. The van der Waals surface area contributed by atoms with Crippen LogP contribution in [0, 0.1) is 6.92 Å². The van der Waals surface area contributed by atoms with E-state index < -0.39 is 13.8 Å². The van der Waals surface area contributed by atoms with Crippen molar-refractivity contribution in [2.24, 2.45) is 0 Å². The third kappa shape index (κ3) is 43.9. The molecule has 0 aliphatic carbocycles. The van der Waals surface area contributed by atoms with Crippen molar-refractivity contribution < 1.29 is 63.8 Å². The van der Waals surface area contributed by atoms with Gasteiger partial charge in [-0.25, -0.2) is 4.57 Å². The molecule has 0 bridgehead atoms. The molecule has 0 saturated heterocycles. The Bertz CT molecular complexity index is 223. The van der Waals surface area contributed by atoms with Crippen molar-refractivity contribution in [1.82, 2.24) is 4.90 Å². The average molecular weight is 297 g/mol. The zero-order valence-corrected chi connectivity index (χ0v) is 14.0. The van der Waals surface area contributed by atoms with E-state index in [2.05, 4.69) is 6.92 Å². The SMILES string of the molecule is CC(C(=O)O)N(C)C.O=P(O)(O)O.[CH2-]CCO.[Na+]. The number of likely N-dealkylation sites (N-methyl/N-ethyl adjacent to an activating group) is 1. The largest absolute Gasteiger partial charge is 1.00 e. The molecule has 0 aliphatic heterocycles. The third-order valence-corrected chi connectivity index (χ3v) is 1.29. The topological polar surface area (TPSA) is 139 Å². The molecule has 0 saturated carbocycles. The first-order chi connectivity index (χ1) is 7.47. The quantitative estimate of drug-likeness (QED) is 0.204. The Morgan fingerprint density at radius 1 is 1.33 bits per heavy atom. The molecule has 0 aromatic heterocycles. The summed E-state index contributed by atoms with van der Waals surface area (Å²) in [5, 5.41) is 16.1. The van der Waals surface area contributed by atoms with Crippen LogP contribution in [0.5, 0.6) is 0 Å². The van der Waals surface area contributed by atoms with E-state index in [0.29, 0.717) is 6.42 Å². The van der Waals surface area contributed by atoms with Crippen LogP contribution in [0.4, 0.5) is 0 Å². The minimum absolute atomic E-state index is 0. The number of rotatable bonds is 3. The maximum Gasteiger partial charge on any atom is 1.00 e. The zero-order valence-electron chi connectivity index (χ0n) is 11.1. The van der Waals surface area contributed by atoms with Gasteiger partial charge in [0.25, 0.3) is 0 Å². The van der Waals surface area contributed by atoms with Crippen LogP contribution in [0.1, 0.15) is 13.3 Å². The maximum atomic E-state index is 10.1. The van der Waals surface area contributed by atoms with Crippen LogP contribution in [0.2, 0.25) is 0 Å². The molecule has 1 unspecified atom stereocenters. The van der Waals surface area contributed by atoms with Gasteiger partial charge in [-0.3, -0.25) is 9.69 Å². The fraction of sp³-hybridized carbons (Fsp3) is 0.750. The molecule has 0 spiro atoms. The molecule has 5 N–H and O–H groups in total. The monoisotopic (exact) mass is 297 g/mol. The van der Waals surface area contributed by atoms with Gasteiger partial charge in [-0.1, -0.05) is 0 Å². The van der Waals surface area contributed by atoms with Gasteiger partial charge >= 0.3 is 43.3 Å². The average Bonchev–Trinajstić information content (AvgIpc) is 2.14. The van der Waals surface area contributed by atoms with Crippen molar-refractivity contribution in [3.05, 3.63) is 6.92 Å². The van der Waals surface area contributed by atoms with Gasteiger partial charge in [-0.15, -0.1) is 0 Å². The molecule has 0 aliphatic rings. The van der Waals surface area contributed by atoms with Gasteiger partial charge in [0.05, 0.1) is 0 Å². The second-order valence-corrected chi connectivity index (χ2v) is 4.09. The molecule has 0 heterocycles. The number of aliphatic hydroxyl groups excluding tert-OH is 1. The Labute approximate surface area is 129 Å². The Morgan fingerprint density at radius 3 is 1.56 bits per heavy atom. The number of phosphoric acid groups is 1. The van der Waals surface area contributed by atoms with Crippen LogP contribution in [0.25, 0.3) is 0 Å². The number of carbonyl (C=O) groups is 1. The Hall–Kier alpha value is 0.500. The third-order valence-electron chi connectivity index (χ3n) is 1.29. The Morgan fingerprint density at radius 2 is 1.56 bits per heavy atom. The first-order valence-corrected chi connectivity index (χ1v) is 6.11. The van der Waals surface area contributed by atoms with Crippen LogP contribution in [-0.4, -0.2) is 62.5 Å². The first-order valence-electron chi connectivity index (χ1n) is 4.55. The van der Waals surface area contributed by atoms with Crippen molar-refractivity contribution in [3.63, 3.8) is 0 Å². The van der Waals surface area contributed by atoms with Gasteiger partial charge in [0.2, 0.25) is 0 Å². The molecule has 10 heteroatoms. The van der Waals surface area contributed by atoms with Crippen molar-refractivity contribution in [1.29, 1.82) is 0 Å². The summed E-state index contributed by atoms with van der Waals surface area (Å²) < 4.78 is 8.88. The number of nitrogens with zero attached hydrogens (tertiary/aromatic N) is 1. The molecular formula is C8H21NNaO7P. The van der Waals surface area contributed by atoms with Crippen LogP contribution in [0.3, 0.4) is 0 Å². The van der Waals surface area contributed by atoms with E-state index in [-0.39, 0.29) is 42.2 Å².